The number of carbonyl (C=O) groups excluding carboxylic acids is 1. The van der Waals surface area contributed by atoms with Crippen LogP contribution in [0.2, 0.25) is 0 Å². The summed E-state index contributed by atoms with van der Waals surface area (Å²) >= 11 is 0. The normalized spacial score (nSPS) is 10.2. The Morgan fingerprint density at radius 3 is 2.55 bits per heavy atom. The molecule has 0 aliphatic heterocycles. The molecule has 0 spiro atoms. The van der Waals surface area contributed by atoms with E-state index < -0.39 is 5.97 Å². The standard InChI is InChI=1S/C15H15FN2O2/c1-10-13(15(19)20-2)7-8-14(18-10)17-9-11-3-5-12(16)6-4-11/h3-8H,9H2,1-2H3,(H,17,18). The number of carbonyl (C=O) groups is 1. The molecule has 0 radical (unpaired) electrons. The van der Waals surface area contributed by atoms with Crippen molar-refractivity contribution in [3.05, 3.63) is 59.0 Å². The number of pyridine rings is 1. The SMILES string of the molecule is COC(=O)c1ccc(NCc2ccc(F)cc2)nc1C. The zero-order valence-electron chi connectivity index (χ0n) is 11.3. The molecule has 2 rings (SSSR count). The van der Waals surface area contributed by atoms with Gasteiger partial charge in [0.2, 0.25) is 0 Å². The Balaban J connectivity index is 2.05. The molecule has 1 aromatic carbocycles. The fourth-order valence-corrected chi connectivity index (χ4v) is 1.78. The highest BCUT2D eigenvalue weighted by atomic mass is 19.1. The minimum Gasteiger partial charge on any atom is -0.465 e. The molecule has 104 valence electrons. The van der Waals surface area contributed by atoms with Crippen LogP contribution in [0.1, 0.15) is 21.6 Å². The van der Waals surface area contributed by atoms with Crippen molar-refractivity contribution in [2.24, 2.45) is 0 Å². The fraction of sp³-hybridized carbons (Fsp3) is 0.200. The highest BCUT2D eigenvalue weighted by molar-refractivity contribution is 5.90. The molecule has 0 saturated carbocycles. The third-order valence-electron chi connectivity index (χ3n) is 2.88. The van der Waals surface area contributed by atoms with Gasteiger partial charge in [0.05, 0.1) is 18.4 Å². The van der Waals surface area contributed by atoms with E-state index in [0.29, 0.717) is 23.6 Å². The van der Waals surface area contributed by atoms with E-state index in [1.807, 2.05) is 0 Å². The van der Waals surface area contributed by atoms with Gasteiger partial charge in [0, 0.05) is 6.54 Å². The van der Waals surface area contributed by atoms with Gasteiger partial charge in [-0.05, 0) is 36.8 Å². The van der Waals surface area contributed by atoms with Crippen LogP contribution >= 0.6 is 0 Å². The van der Waals surface area contributed by atoms with Crippen molar-refractivity contribution < 1.29 is 13.9 Å². The minimum absolute atomic E-state index is 0.259. The van der Waals surface area contributed by atoms with E-state index >= 15 is 0 Å². The average molecular weight is 274 g/mol. The van der Waals surface area contributed by atoms with Crippen molar-refractivity contribution in [3.63, 3.8) is 0 Å². The number of hydrogen-bond donors (Lipinski definition) is 1. The number of nitrogens with zero attached hydrogens (tertiary/aromatic N) is 1. The molecule has 0 amide bonds. The van der Waals surface area contributed by atoms with Gasteiger partial charge in [0.1, 0.15) is 11.6 Å². The second-order valence-corrected chi connectivity index (χ2v) is 4.30. The van der Waals surface area contributed by atoms with Crippen LogP contribution in [0.3, 0.4) is 0 Å². The van der Waals surface area contributed by atoms with Crippen LogP contribution < -0.4 is 5.32 Å². The maximum Gasteiger partial charge on any atom is 0.339 e. The number of halogens is 1. The summed E-state index contributed by atoms with van der Waals surface area (Å²) < 4.78 is 17.4. The quantitative estimate of drug-likeness (QED) is 0.871. The molecular formula is C15H15FN2O2. The van der Waals surface area contributed by atoms with Gasteiger partial charge in [-0.1, -0.05) is 12.1 Å². The van der Waals surface area contributed by atoms with Gasteiger partial charge in [-0.3, -0.25) is 0 Å². The fourth-order valence-electron chi connectivity index (χ4n) is 1.78. The van der Waals surface area contributed by atoms with Gasteiger partial charge in [0.15, 0.2) is 0 Å². The lowest BCUT2D eigenvalue weighted by Crippen LogP contribution is -2.08. The Hall–Kier alpha value is -2.43. The van der Waals surface area contributed by atoms with Crippen LogP contribution in [0.25, 0.3) is 0 Å². The van der Waals surface area contributed by atoms with Crippen molar-refractivity contribution in [2.75, 3.05) is 12.4 Å². The van der Waals surface area contributed by atoms with Gasteiger partial charge >= 0.3 is 5.97 Å². The molecular weight excluding hydrogens is 259 g/mol. The maximum atomic E-state index is 12.8. The zero-order chi connectivity index (χ0) is 14.5. The number of methoxy groups -OCH3 is 1. The summed E-state index contributed by atoms with van der Waals surface area (Å²) in [5.41, 5.74) is 1.99. The van der Waals surface area contributed by atoms with E-state index in [4.69, 9.17) is 0 Å². The molecule has 0 bridgehead atoms. The molecule has 0 unspecified atom stereocenters. The van der Waals surface area contributed by atoms with E-state index in [1.54, 1.807) is 31.2 Å². The third kappa shape index (κ3) is 3.32. The highest BCUT2D eigenvalue weighted by Crippen LogP contribution is 2.13. The van der Waals surface area contributed by atoms with Crippen LogP contribution in [0, 0.1) is 12.7 Å². The first-order valence-electron chi connectivity index (χ1n) is 6.14. The van der Waals surface area contributed by atoms with Gasteiger partial charge in [-0.2, -0.15) is 0 Å². The number of ether oxygens (including phenoxy) is 1. The number of hydrogen-bond acceptors (Lipinski definition) is 4. The van der Waals surface area contributed by atoms with E-state index in [9.17, 15) is 9.18 Å². The Morgan fingerprint density at radius 1 is 1.25 bits per heavy atom. The Kier molecular flexibility index (Phi) is 4.30. The molecule has 5 heteroatoms. The Morgan fingerprint density at radius 2 is 1.95 bits per heavy atom. The van der Waals surface area contributed by atoms with Gasteiger partial charge in [-0.25, -0.2) is 14.2 Å². The lowest BCUT2D eigenvalue weighted by molar-refractivity contribution is 0.0599. The number of esters is 1. The summed E-state index contributed by atoms with van der Waals surface area (Å²) in [7, 11) is 1.34. The van der Waals surface area contributed by atoms with E-state index in [1.165, 1.54) is 19.2 Å². The van der Waals surface area contributed by atoms with Gasteiger partial charge in [-0.15, -0.1) is 0 Å². The second kappa shape index (κ2) is 6.14. The predicted molar refractivity (Wildman–Crippen MR) is 74.0 cm³/mol. The van der Waals surface area contributed by atoms with Crippen LogP contribution in [0.5, 0.6) is 0 Å². The van der Waals surface area contributed by atoms with Crippen LogP contribution in [0.4, 0.5) is 10.2 Å². The first-order chi connectivity index (χ1) is 9.60. The lowest BCUT2D eigenvalue weighted by Gasteiger charge is -2.08. The molecule has 2 aromatic rings. The smallest absolute Gasteiger partial charge is 0.339 e. The number of nitrogens with one attached hydrogen (secondary N) is 1. The largest absolute Gasteiger partial charge is 0.465 e. The number of aryl methyl sites for hydroxylation is 1. The summed E-state index contributed by atoms with van der Waals surface area (Å²) in [6.07, 6.45) is 0. The van der Waals surface area contributed by atoms with Crippen LogP contribution in [-0.2, 0) is 11.3 Å². The van der Waals surface area contributed by atoms with E-state index in [0.717, 1.165) is 5.56 Å². The van der Waals surface area contributed by atoms with Crippen molar-refractivity contribution in [3.8, 4) is 0 Å². The van der Waals surface area contributed by atoms with E-state index in [-0.39, 0.29) is 5.82 Å². The van der Waals surface area contributed by atoms with Crippen molar-refractivity contribution in [1.29, 1.82) is 0 Å². The van der Waals surface area contributed by atoms with Crippen LogP contribution in [0.15, 0.2) is 36.4 Å². The summed E-state index contributed by atoms with van der Waals surface area (Å²) in [4.78, 5) is 15.7. The number of aromatic nitrogens is 1. The molecule has 4 nitrogen and oxygen atoms in total. The van der Waals surface area contributed by atoms with Crippen molar-refractivity contribution in [1.82, 2.24) is 4.98 Å². The molecule has 0 saturated heterocycles. The Bertz CT molecular complexity index is 612. The monoisotopic (exact) mass is 274 g/mol. The molecule has 1 N–H and O–H groups in total. The zero-order valence-corrected chi connectivity index (χ0v) is 11.3. The average Bonchev–Trinajstić information content (AvgIpc) is 2.46. The molecule has 0 aliphatic carbocycles. The molecule has 0 aliphatic rings. The first-order valence-corrected chi connectivity index (χ1v) is 6.14. The topological polar surface area (TPSA) is 51.2 Å². The first kappa shape index (κ1) is 14.0. The van der Waals surface area contributed by atoms with Crippen molar-refractivity contribution in [2.45, 2.75) is 13.5 Å². The molecule has 0 atom stereocenters. The van der Waals surface area contributed by atoms with Crippen LogP contribution in [-0.4, -0.2) is 18.1 Å². The summed E-state index contributed by atoms with van der Waals surface area (Å²) in [5, 5.41) is 3.12. The molecule has 1 heterocycles. The Labute approximate surface area is 116 Å². The molecule has 20 heavy (non-hydrogen) atoms. The number of anilines is 1. The van der Waals surface area contributed by atoms with Crippen molar-refractivity contribution >= 4 is 11.8 Å². The number of rotatable bonds is 4. The summed E-state index contributed by atoms with van der Waals surface area (Å²) in [6.45, 7) is 2.28. The molecule has 1 aromatic heterocycles. The van der Waals surface area contributed by atoms with Gasteiger partial charge < -0.3 is 10.1 Å². The maximum absolute atomic E-state index is 12.8. The third-order valence-corrected chi connectivity index (χ3v) is 2.88. The summed E-state index contributed by atoms with van der Waals surface area (Å²) in [5.74, 6) is -0.00952. The number of benzene rings is 1. The minimum atomic E-state index is -0.403. The molecule has 0 fully saturated rings. The second-order valence-electron chi connectivity index (χ2n) is 4.30. The van der Waals surface area contributed by atoms with E-state index in [2.05, 4.69) is 15.0 Å². The summed E-state index contributed by atoms with van der Waals surface area (Å²) in [6, 6.07) is 9.62. The lowest BCUT2D eigenvalue weighted by atomic mass is 10.2. The highest BCUT2D eigenvalue weighted by Gasteiger charge is 2.10. The predicted octanol–water partition coefficient (Wildman–Crippen LogP) is 2.93. The van der Waals surface area contributed by atoms with Gasteiger partial charge in [0.25, 0.3) is 0 Å².